The van der Waals surface area contributed by atoms with Crippen LogP contribution in [0.2, 0.25) is 0 Å². The zero-order valence-electron chi connectivity index (χ0n) is 17.8. The van der Waals surface area contributed by atoms with Crippen molar-refractivity contribution in [2.45, 2.75) is 0 Å². The minimum absolute atomic E-state index is 0.294. The van der Waals surface area contributed by atoms with Crippen LogP contribution in [0.3, 0.4) is 0 Å². The molecule has 2 aromatic rings. The zero-order chi connectivity index (χ0) is 23.1. The quantitative estimate of drug-likeness (QED) is 0.655. The second-order valence-electron chi connectivity index (χ2n) is 6.96. The minimum Gasteiger partial charge on any atom is -0.497 e. The summed E-state index contributed by atoms with van der Waals surface area (Å²) >= 11 is 10.8. The number of amides is 2. The molecule has 1 aliphatic rings. The van der Waals surface area contributed by atoms with Crippen LogP contribution in [-0.2, 0) is 0 Å². The molecule has 2 amide bonds. The summed E-state index contributed by atoms with van der Waals surface area (Å²) in [5.41, 5.74) is 0.929. The fraction of sp³-hybridized carbons (Fsp3) is 0.273. The Hall–Kier alpha value is -3.24. The highest BCUT2D eigenvalue weighted by atomic mass is 32.1. The average Bonchev–Trinajstić information content (AvgIpc) is 2.84. The van der Waals surface area contributed by atoms with Crippen LogP contribution in [-0.4, -0.2) is 72.2 Å². The van der Waals surface area contributed by atoms with Crippen molar-refractivity contribution in [3.05, 3.63) is 59.7 Å². The number of ether oxygens (including phenoxy) is 2. The highest BCUT2D eigenvalue weighted by molar-refractivity contribution is 7.80. The van der Waals surface area contributed by atoms with Gasteiger partial charge in [0.1, 0.15) is 11.5 Å². The van der Waals surface area contributed by atoms with Crippen LogP contribution in [0.15, 0.2) is 48.5 Å². The van der Waals surface area contributed by atoms with Gasteiger partial charge in [0.15, 0.2) is 10.2 Å². The molecule has 10 heteroatoms. The van der Waals surface area contributed by atoms with Gasteiger partial charge in [-0.1, -0.05) is 12.1 Å². The van der Waals surface area contributed by atoms with Gasteiger partial charge < -0.3 is 19.3 Å². The number of piperazine rings is 1. The van der Waals surface area contributed by atoms with E-state index in [4.69, 9.17) is 33.9 Å². The van der Waals surface area contributed by atoms with Crippen LogP contribution in [0, 0.1) is 0 Å². The molecule has 32 heavy (non-hydrogen) atoms. The fourth-order valence-electron chi connectivity index (χ4n) is 3.14. The Labute approximate surface area is 197 Å². The number of methoxy groups -OCH3 is 2. The van der Waals surface area contributed by atoms with Crippen LogP contribution >= 0.6 is 24.4 Å². The standard InChI is InChI=1S/C22H24N4O4S2/c1-29-17-7-3-5-15(13-17)19(27)23-21(31)25-9-11-26(12-10-25)22(32)24-20(28)16-6-4-8-18(14-16)30-2/h3-8,13-14H,9-12H2,1-2H3,(H,23,27,31)(H,24,28,32). The summed E-state index contributed by atoms with van der Waals surface area (Å²) in [6.45, 7) is 2.25. The van der Waals surface area contributed by atoms with Gasteiger partial charge >= 0.3 is 0 Å². The summed E-state index contributed by atoms with van der Waals surface area (Å²) in [5.74, 6) is 0.609. The number of hydrogen-bond donors (Lipinski definition) is 2. The third-order valence-electron chi connectivity index (χ3n) is 4.96. The summed E-state index contributed by atoms with van der Waals surface area (Å²) in [4.78, 5) is 28.7. The summed E-state index contributed by atoms with van der Waals surface area (Å²) in [6, 6.07) is 13.7. The van der Waals surface area contributed by atoms with E-state index in [1.165, 1.54) is 0 Å². The molecule has 0 radical (unpaired) electrons. The molecule has 8 nitrogen and oxygen atoms in total. The number of rotatable bonds is 4. The van der Waals surface area contributed by atoms with Crippen molar-refractivity contribution in [3.63, 3.8) is 0 Å². The molecular weight excluding hydrogens is 448 g/mol. The number of carbonyl (C=O) groups is 2. The van der Waals surface area contributed by atoms with Crippen molar-refractivity contribution in [3.8, 4) is 11.5 Å². The lowest BCUT2D eigenvalue weighted by molar-refractivity contribution is 0.0959. The van der Waals surface area contributed by atoms with Crippen molar-refractivity contribution in [1.29, 1.82) is 0 Å². The third-order valence-corrected chi connectivity index (χ3v) is 5.68. The molecule has 0 unspecified atom stereocenters. The number of thiocarbonyl (C=S) groups is 2. The van der Waals surface area contributed by atoms with Gasteiger partial charge in [0.25, 0.3) is 11.8 Å². The number of benzene rings is 2. The molecule has 168 valence electrons. The highest BCUT2D eigenvalue weighted by Crippen LogP contribution is 2.14. The molecule has 2 aromatic carbocycles. The average molecular weight is 473 g/mol. The van der Waals surface area contributed by atoms with Crippen molar-refractivity contribution in [2.75, 3.05) is 40.4 Å². The Morgan fingerprint density at radius 2 is 1.12 bits per heavy atom. The zero-order valence-corrected chi connectivity index (χ0v) is 19.4. The van der Waals surface area contributed by atoms with E-state index in [1.54, 1.807) is 62.8 Å². The van der Waals surface area contributed by atoms with Crippen LogP contribution in [0.5, 0.6) is 11.5 Å². The van der Waals surface area contributed by atoms with Crippen molar-refractivity contribution < 1.29 is 19.1 Å². The summed E-state index contributed by atoms with van der Waals surface area (Å²) in [7, 11) is 3.09. The van der Waals surface area contributed by atoms with Gasteiger partial charge in [-0.3, -0.25) is 20.2 Å². The third kappa shape index (κ3) is 5.92. The number of nitrogens with zero attached hydrogens (tertiary/aromatic N) is 2. The summed E-state index contributed by atoms with van der Waals surface area (Å²) in [6.07, 6.45) is 0. The Balaban J connectivity index is 1.49. The first-order valence-corrected chi connectivity index (χ1v) is 10.7. The molecule has 1 fully saturated rings. The lowest BCUT2D eigenvalue weighted by atomic mass is 10.2. The molecule has 0 bridgehead atoms. The summed E-state index contributed by atoms with van der Waals surface area (Å²) in [5, 5.41) is 6.21. The van der Waals surface area contributed by atoms with E-state index in [2.05, 4.69) is 10.6 Å². The number of hydrogen-bond acceptors (Lipinski definition) is 6. The second kappa shape index (κ2) is 10.9. The van der Waals surface area contributed by atoms with Gasteiger partial charge in [-0.25, -0.2) is 0 Å². The molecule has 0 aliphatic carbocycles. The maximum Gasteiger partial charge on any atom is 0.257 e. The van der Waals surface area contributed by atoms with Gasteiger partial charge in [0.05, 0.1) is 14.2 Å². The van der Waals surface area contributed by atoms with Crippen LogP contribution in [0.4, 0.5) is 0 Å². The molecule has 0 spiro atoms. The Kier molecular flexibility index (Phi) is 7.96. The number of carbonyl (C=O) groups excluding carboxylic acids is 2. The SMILES string of the molecule is COc1cccc(C(=O)NC(=S)N2CCN(C(=S)NC(=O)c3cccc(OC)c3)CC2)c1. The lowest BCUT2D eigenvalue weighted by Gasteiger charge is -2.37. The minimum atomic E-state index is -0.294. The van der Waals surface area contributed by atoms with Crippen molar-refractivity contribution in [1.82, 2.24) is 20.4 Å². The maximum absolute atomic E-state index is 12.5. The second-order valence-corrected chi connectivity index (χ2v) is 7.73. The monoisotopic (exact) mass is 472 g/mol. The molecule has 1 heterocycles. The van der Waals surface area contributed by atoms with Crippen LogP contribution < -0.4 is 20.1 Å². The predicted octanol–water partition coefficient (Wildman–Crippen LogP) is 2.05. The van der Waals surface area contributed by atoms with E-state index in [-0.39, 0.29) is 11.8 Å². The molecule has 1 saturated heterocycles. The van der Waals surface area contributed by atoms with Crippen molar-refractivity contribution in [2.24, 2.45) is 0 Å². The Morgan fingerprint density at radius 1 is 0.750 bits per heavy atom. The predicted molar refractivity (Wildman–Crippen MR) is 129 cm³/mol. The van der Waals surface area contributed by atoms with E-state index in [9.17, 15) is 9.59 Å². The summed E-state index contributed by atoms with van der Waals surface area (Å²) < 4.78 is 10.3. The largest absolute Gasteiger partial charge is 0.497 e. The first-order valence-electron chi connectivity index (χ1n) is 9.90. The van der Waals surface area contributed by atoms with Gasteiger partial charge in [-0.15, -0.1) is 0 Å². The van der Waals surface area contributed by atoms with Gasteiger partial charge in [-0.2, -0.15) is 0 Å². The molecule has 0 saturated carbocycles. The first kappa shape index (κ1) is 23.4. The van der Waals surface area contributed by atoms with Crippen LogP contribution in [0.1, 0.15) is 20.7 Å². The van der Waals surface area contributed by atoms with Crippen molar-refractivity contribution >= 4 is 46.5 Å². The molecule has 2 N–H and O–H groups in total. The Bertz CT molecular complexity index is 941. The van der Waals surface area contributed by atoms with E-state index in [0.717, 1.165) is 0 Å². The molecule has 3 rings (SSSR count). The molecule has 1 aliphatic heterocycles. The first-order chi connectivity index (χ1) is 15.4. The topological polar surface area (TPSA) is 83.1 Å². The van der Waals surface area contributed by atoms with Gasteiger partial charge in [0, 0.05) is 37.3 Å². The van der Waals surface area contributed by atoms with Gasteiger partial charge in [0.2, 0.25) is 0 Å². The van der Waals surface area contributed by atoms with E-state index in [0.29, 0.717) is 59.0 Å². The van der Waals surface area contributed by atoms with E-state index < -0.39 is 0 Å². The van der Waals surface area contributed by atoms with Crippen LogP contribution in [0.25, 0.3) is 0 Å². The van der Waals surface area contributed by atoms with E-state index in [1.807, 2.05) is 9.80 Å². The van der Waals surface area contributed by atoms with Gasteiger partial charge in [-0.05, 0) is 60.8 Å². The molecular formula is C22H24N4O4S2. The maximum atomic E-state index is 12.5. The molecule has 0 atom stereocenters. The van der Waals surface area contributed by atoms with E-state index >= 15 is 0 Å². The normalized spacial score (nSPS) is 13.2. The number of nitrogens with one attached hydrogen (secondary N) is 2. The highest BCUT2D eigenvalue weighted by Gasteiger charge is 2.23. The lowest BCUT2D eigenvalue weighted by Crippen LogP contribution is -2.56. The fourth-order valence-corrected chi connectivity index (χ4v) is 3.69. The smallest absolute Gasteiger partial charge is 0.257 e. The molecule has 0 aromatic heterocycles. The Morgan fingerprint density at radius 3 is 1.47 bits per heavy atom.